The Kier molecular flexibility index (Phi) is 6.04. The number of aromatic nitrogens is 2. The number of rotatable bonds is 6. The predicted molar refractivity (Wildman–Crippen MR) is 114 cm³/mol. The minimum absolute atomic E-state index is 0.229. The van der Waals surface area contributed by atoms with Gasteiger partial charge < -0.3 is 10.2 Å². The second kappa shape index (κ2) is 8.65. The molecule has 0 saturated carbocycles. The predicted octanol–water partition coefficient (Wildman–Crippen LogP) is 4.80. The molecule has 0 aliphatic rings. The molecule has 0 aliphatic carbocycles. The van der Waals surface area contributed by atoms with Gasteiger partial charge in [-0.25, -0.2) is 9.97 Å². The molecule has 0 bridgehead atoms. The number of carbonyl (C=O) groups is 1. The van der Waals surface area contributed by atoms with Gasteiger partial charge in [-0.2, -0.15) is 0 Å². The third-order valence-electron chi connectivity index (χ3n) is 4.54. The van der Waals surface area contributed by atoms with Crippen LogP contribution >= 0.6 is 0 Å². The number of amides is 1. The maximum Gasteiger partial charge on any atom is 0.274 e. The van der Waals surface area contributed by atoms with Crippen LogP contribution in [0.4, 0.5) is 11.5 Å². The van der Waals surface area contributed by atoms with Crippen molar-refractivity contribution < 1.29 is 4.79 Å². The van der Waals surface area contributed by atoms with Gasteiger partial charge in [0.1, 0.15) is 17.3 Å². The molecule has 1 N–H and O–H groups in total. The first-order valence-corrected chi connectivity index (χ1v) is 9.45. The number of hydrogen-bond acceptors (Lipinski definition) is 4. The molecule has 5 heteroatoms. The second-order valence-corrected chi connectivity index (χ2v) is 7.20. The highest BCUT2D eigenvalue weighted by Crippen LogP contribution is 2.24. The molecule has 0 fully saturated rings. The van der Waals surface area contributed by atoms with Gasteiger partial charge in [0.2, 0.25) is 0 Å². The molecular formula is C23H26N4O. The molecule has 144 valence electrons. The first kappa shape index (κ1) is 19.5. The highest BCUT2D eigenvalue weighted by Gasteiger charge is 2.15. The second-order valence-electron chi connectivity index (χ2n) is 7.20. The highest BCUT2D eigenvalue weighted by molar-refractivity contribution is 6.03. The van der Waals surface area contributed by atoms with Gasteiger partial charge in [-0.05, 0) is 30.0 Å². The van der Waals surface area contributed by atoms with Crippen molar-refractivity contribution in [1.82, 2.24) is 9.97 Å². The largest absolute Gasteiger partial charge is 0.355 e. The molecule has 0 atom stereocenters. The van der Waals surface area contributed by atoms with Crippen molar-refractivity contribution in [2.45, 2.75) is 33.2 Å². The van der Waals surface area contributed by atoms with E-state index in [4.69, 9.17) is 0 Å². The van der Waals surface area contributed by atoms with Crippen LogP contribution in [0.2, 0.25) is 0 Å². The summed E-state index contributed by atoms with van der Waals surface area (Å²) in [6.45, 7) is 6.72. The summed E-state index contributed by atoms with van der Waals surface area (Å²) in [5.74, 6) is 1.38. The maximum atomic E-state index is 12.9. The van der Waals surface area contributed by atoms with Gasteiger partial charge >= 0.3 is 0 Å². The van der Waals surface area contributed by atoms with Crippen molar-refractivity contribution in [3.05, 3.63) is 83.3 Å². The van der Waals surface area contributed by atoms with Gasteiger partial charge in [0.15, 0.2) is 0 Å². The molecule has 1 aromatic heterocycles. The zero-order valence-electron chi connectivity index (χ0n) is 16.8. The quantitative estimate of drug-likeness (QED) is 0.673. The Balaban J connectivity index is 1.82. The number of para-hydroxylation sites is 1. The Morgan fingerprint density at radius 2 is 1.71 bits per heavy atom. The van der Waals surface area contributed by atoms with Crippen LogP contribution in [-0.4, -0.2) is 22.9 Å². The topological polar surface area (TPSA) is 58.1 Å². The summed E-state index contributed by atoms with van der Waals surface area (Å²) < 4.78 is 0. The molecule has 0 saturated heterocycles. The highest BCUT2D eigenvalue weighted by atomic mass is 16.1. The van der Waals surface area contributed by atoms with Gasteiger partial charge in [-0.15, -0.1) is 0 Å². The third kappa shape index (κ3) is 4.74. The zero-order chi connectivity index (χ0) is 20.1. The number of nitrogens with zero attached hydrogens (tertiary/aromatic N) is 3. The molecule has 0 spiro atoms. The van der Waals surface area contributed by atoms with Gasteiger partial charge in [0.25, 0.3) is 5.91 Å². The molecule has 28 heavy (non-hydrogen) atoms. The van der Waals surface area contributed by atoms with Crippen LogP contribution in [-0.2, 0) is 6.54 Å². The minimum Gasteiger partial charge on any atom is -0.355 e. The third-order valence-corrected chi connectivity index (χ3v) is 4.54. The average Bonchev–Trinajstić information content (AvgIpc) is 2.68. The lowest BCUT2D eigenvalue weighted by molar-refractivity contribution is 0.102. The van der Waals surface area contributed by atoms with E-state index in [0.717, 1.165) is 17.1 Å². The first-order valence-electron chi connectivity index (χ1n) is 9.45. The molecule has 0 radical (unpaired) electrons. The molecule has 3 rings (SSSR count). The van der Waals surface area contributed by atoms with Gasteiger partial charge in [0.05, 0.1) is 0 Å². The van der Waals surface area contributed by atoms with Gasteiger partial charge in [-0.3, -0.25) is 4.79 Å². The van der Waals surface area contributed by atoms with Crippen LogP contribution in [0, 0.1) is 6.92 Å². The molecule has 2 aromatic carbocycles. The van der Waals surface area contributed by atoms with E-state index in [9.17, 15) is 4.79 Å². The van der Waals surface area contributed by atoms with Crippen LogP contribution in [0.25, 0.3) is 0 Å². The molecular weight excluding hydrogens is 348 g/mol. The summed E-state index contributed by atoms with van der Waals surface area (Å²) in [7, 11) is 1.96. The van der Waals surface area contributed by atoms with E-state index in [1.807, 2.05) is 54.4 Å². The lowest BCUT2D eigenvalue weighted by atomic mass is 10.0. The molecule has 0 unspecified atom stereocenters. The van der Waals surface area contributed by atoms with Gasteiger partial charge in [0, 0.05) is 25.3 Å². The summed E-state index contributed by atoms with van der Waals surface area (Å²) in [5.41, 5.74) is 3.46. The summed E-state index contributed by atoms with van der Waals surface area (Å²) in [6, 6.07) is 19.8. The van der Waals surface area contributed by atoms with E-state index in [1.165, 1.54) is 5.56 Å². The van der Waals surface area contributed by atoms with E-state index >= 15 is 0 Å². The smallest absolute Gasteiger partial charge is 0.274 e. The van der Waals surface area contributed by atoms with Crippen LogP contribution < -0.4 is 10.2 Å². The number of anilines is 2. The van der Waals surface area contributed by atoms with Crippen LogP contribution in [0.1, 0.15) is 47.2 Å². The van der Waals surface area contributed by atoms with Crippen molar-refractivity contribution in [3.8, 4) is 0 Å². The van der Waals surface area contributed by atoms with Crippen LogP contribution in [0.5, 0.6) is 0 Å². The lowest BCUT2D eigenvalue weighted by Crippen LogP contribution is -2.21. The first-order chi connectivity index (χ1) is 13.4. The van der Waals surface area contributed by atoms with E-state index in [0.29, 0.717) is 24.0 Å². The van der Waals surface area contributed by atoms with E-state index in [1.54, 1.807) is 13.0 Å². The van der Waals surface area contributed by atoms with Gasteiger partial charge in [-0.1, -0.05) is 62.4 Å². The number of carbonyl (C=O) groups excluding carboxylic acids is 1. The standard InChI is InChI=1S/C23H26N4O/c1-16(2)19-12-8-9-13-20(19)26-23(28)21-14-22(25-17(3)24-21)27(4)15-18-10-6-5-7-11-18/h5-14,16H,15H2,1-4H3,(H,26,28). The monoisotopic (exact) mass is 374 g/mol. The van der Waals surface area contributed by atoms with E-state index in [2.05, 4.69) is 41.3 Å². The van der Waals surface area contributed by atoms with Crippen molar-refractivity contribution in [2.75, 3.05) is 17.3 Å². The fourth-order valence-corrected chi connectivity index (χ4v) is 3.10. The number of hydrogen-bond donors (Lipinski definition) is 1. The van der Waals surface area contributed by atoms with Crippen LogP contribution in [0.3, 0.4) is 0 Å². The zero-order valence-corrected chi connectivity index (χ0v) is 16.8. The Morgan fingerprint density at radius 1 is 1.04 bits per heavy atom. The SMILES string of the molecule is Cc1nc(C(=O)Nc2ccccc2C(C)C)cc(N(C)Cc2ccccc2)n1. The number of aryl methyl sites for hydroxylation is 1. The summed E-state index contributed by atoms with van der Waals surface area (Å²) in [5, 5.41) is 3.00. The lowest BCUT2D eigenvalue weighted by Gasteiger charge is -2.19. The van der Waals surface area contributed by atoms with E-state index in [-0.39, 0.29) is 5.91 Å². The van der Waals surface area contributed by atoms with E-state index < -0.39 is 0 Å². The molecule has 3 aromatic rings. The van der Waals surface area contributed by atoms with Crippen molar-refractivity contribution in [2.24, 2.45) is 0 Å². The van der Waals surface area contributed by atoms with Crippen LogP contribution in [0.15, 0.2) is 60.7 Å². The van der Waals surface area contributed by atoms with Crippen molar-refractivity contribution in [3.63, 3.8) is 0 Å². The van der Waals surface area contributed by atoms with Crippen molar-refractivity contribution >= 4 is 17.4 Å². The number of benzene rings is 2. The summed E-state index contributed by atoms with van der Waals surface area (Å²) in [4.78, 5) is 23.7. The van der Waals surface area contributed by atoms with Crippen molar-refractivity contribution in [1.29, 1.82) is 0 Å². The normalized spacial score (nSPS) is 10.8. The summed E-state index contributed by atoms with van der Waals surface area (Å²) in [6.07, 6.45) is 0. The summed E-state index contributed by atoms with van der Waals surface area (Å²) >= 11 is 0. The molecule has 1 heterocycles. The Morgan fingerprint density at radius 3 is 2.43 bits per heavy atom. The molecule has 5 nitrogen and oxygen atoms in total. The Labute approximate surface area is 166 Å². The Bertz CT molecular complexity index is 954. The fraction of sp³-hybridized carbons (Fsp3) is 0.261. The minimum atomic E-state index is -0.229. The average molecular weight is 374 g/mol. The number of nitrogens with one attached hydrogen (secondary N) is 1. The Hall–Kier alpha value is -3.21. The fourth-order valence-electron chi connectivity index (χ4n) is 3.10. The molecule has 0 aliphatic heterocycles. The maximum absolute atomic E-state index is 12.9. The molecule has 1 amide bonds.